The van der Waals surface area contributed by atoms with Crippen molar-refractivity contribution in [3.8, 4) is 0 Å². The van der Waals surface area contributed by atoms with Gasteiger partial charge in [0.05, 0.1) is 20.6 Å². The third-order valence-electron chi connectivity index (χ3n) is 2.18. The van der Waals surface area contributed by atoms with Crippen molar-refractivity contribution < 1.29 is 41.5 Å². The van der Waals surface area contributed by atoms with Gasteiger partial charge in [0, 0.05) is 25.1 Å². The normalized spacial score (nSPS) is 10.8. The van der Waals surface area contributed by atoms with Crippen molar-refractivity contribution in [2.45, 2.75) is 6.42 Å². The van der Waals surface area contributed by atoms with E-state index in [1.54, 1.807) is 14.1 Å². The van der Waals surface area contributed by atoms with Crippen molar-refractivity contribution in [2.24, 2.45) is 0 Å². The molecule has 0 radical (unpaired) electrons. The highest BCUT2D eigenvalue weighted by Gasteiger charge is 2.18. The maximum absolute atomic E-state index is 11.1. The fraction of sp³-hybridized carbons (Fsp3) is 0.545. The number of carboxylic acids is 2. The van der Waals surface area contributed by atoms with E-state index in [1.807, 2.05) is 0 Å². The second-order valence-electron chi connectivity index (χ2n) is 4.53. The van der Waals surface area contributed by atoms with Crippen molar-refractivity contribution in [2.75, 3.05) is 33.7 Å². The van der Waals surface area contributed by atoms with Crippen LogP contribution in [-0.2, 0) is 14.4 Å². The zero-order valence-electron chi connectivity index (χ0n) is 10.9. The molecule has 0 unspecified atom stereocenters. The van der Waals surface area contributed by atoms with Gasteiger partial charge in [-0.05, 0) is 0 Å². The quantitative estimate of drug-likeness (QED) is 0.243. The summed E-state index contributed by atoms with van der Waals surface area (Å²) in [6.07, 6.45) is 2.33. The van der Waals surface area contributed by atoms with Gasteiger partial charge in [-0.15, -0.1) is 0 Å². The molecule has 3 N–H and O–H groups in total. The van der Waals surface area contributed by atoms with E-state index in [0.717, 1.165) is 12.2 Å². The number of carboxylic acid groups (broad SMARTS) is 2. The maximum Gasteiger partial charge on any atom is 0.359 e. The predicted molar refractivity (Wildman–Crippen MR) is 63.9 cm³/mol. The first kappa shape index (κ1) is 19.7. The maximum atomic E-state index is 11.1. The van der Waals surface area contributed by atoms with Gasteiger partial charge in [0.25, 0.3) is 0 Å². The smallest absolute Gasteiger partial charge is 0.359 e. The van der Waals surface area contributed by atoms with Gasteiger partial charge >= 0.3 is 11.9 Å². The van der Waals surface area contributed by atoms with Crippen LogP contribution in [0.3, 0.4) is 0 Å². The van der Waals surface area contributed by atoms with Crippen molar-refractivity contribution in [3.63, 3.8) is 0 Å². The van der Waals surface area contributed by atoms with E-state index in [4.69, 9.17) is 10.2 Å². The third-order valence-corrected chi connectivity index (χ3v) is 2.18. The van der Waals surface area contributed by atoms with Crippen LogP contribution in [0.5, 0.6) is 0 Å². The third kappa shape index (κ3) is 12.6. The van der Waals surface area contributed by atoms with Crippen LogP contribution in [0.1, 0.15) is 6.42 Å². The number of halogens is 1. The summed E-state index contributed by atoms with van der Waals surface area (Å²) in [6.45, 7) is 1.01. The SMILES string of the molecule is C[N+](C)(CCCNC(=O)C=CC(=O)O)CC(=O)O.[Cl-]. The average molecular weight is 295 g/mol. The van der Waals surface area contributed by atoms with Crippen LogP contribution < -0.4 is 17.7 Å². The molecule has 0 aromatic rings. The standard InChI is InChI=1S/C11H18N2O5.ClH/c1-13(2,8-11(17)18)7-3-6-12-9(14)4-5-10(15)16;/h4-5H,3,6-8H2,1-2H3,(H2-,12,14,15,16,17,18);1H. The van der Waals surface area contributed by atoms with E-state index in [2.05, 4.69) is 5.32 Å². The Morgan fingerprint density at radius 3 is 2.21 bits per heavy atom. The lowest BCUT2D eigenvalue weighted by atomic mass is 10.3. The fourth-order valence-electron chi connectivity index (χ4n) is 1.37. The van der Waals surface area contributed by atoms with Crippen LogP contribution in [0, 0.1) is 0 Å². The number of hydrogen-bond acceptors (Lipinski definition) is 3. The molecule has 110 valence electrons. The van der Waals surface area contributed by atoms with Gasteiger partial charge in [-0.1, -0.05) is 0 Å². The molecule has 0 atom stereocenters. The highest BCUT2D eigenvalue weighted by atomic mass is 35.5. The number of quaternary nitrogens is 1. The fourth-order valence-corrected chi connectivity index (χ4v) is 1.37. The number of rotatable bonds is 8. The van der Waals surface area contributed by atoms with E-state index >= 15 is 0 Å². The van der Waals surface area contributed by atoms with Crippen LogP contribution >= 0.6 is 0 Å². The number of nitrogens with one attached hydrogen (secondary N) is 1. The minimum Gasteiger partial charge on any atom is -1.00 e. The molecule has 0 aromatic carbocycles. The van der Waals surface area contributed by atoms with E-state index in [-0.39, 0.29) is 19.0 Å². The molecule has 7 nitrogen and oxygen atoms in total. The zero-order chi connectivity index (χ0) is 14.2. The first-order chi connectivity index (χ1) is 8.23. The number of carbonyl (C=O) groups excluding carboxylic acids is 1. The van der Waals surface area contributed by atoms with Gasteiger partial charge < -0.3 is 32.4 Å². The Bertz CT molecular complexity index is 355. The Labute approximate surface area is 117 Å². The molecule has 0 saturated carbocycles. The van der Waals surface area contributed by atoms with Crippen LogP contribution in [0.15, 0.2) is 12.2 Å². The summed E-state index contributed by atoms with van der Waals surface area (Å²) in [7, 11) is 3.58. The van der Waals surface area contributed by atoms with E-state index in [0.29, 0.717) is 24.0 Å². The molecule has 0 aliphatic carbocycles. The Hall–Kier alpha value is -1.60. The lowest BCUT2D eigenvalue weighted by Crippen LogP contribution is -3.00. The molecule has 1 amide bonds. The summed E-state index contributed by atoms with van der Waals surface area (Å²) in [4.78, 5) is 31.8. The van der Waals surface area contributed by atoms with Crippen molar-refractivity contribution in [1.29, 1.82) is 0 Å². The molecule has 0 saturated heterocycles. The zero-order valence-corrected chi connectivity index (χ0v) is 11.7. The van der Waals surface area contributed by atoms with Crippen LogP contribution in [0.4, 0.5) is 0 Å². The number of nitrogens with zero attached hydrogens (tertiary/aromatic N) is 1. The lowest BCUT2D eigenvalue weighted by Gasteiger charge is -2.27. The first-order valence-corrected chi connectivity index (χ1v) is 5.45. The number of likely N-dealkylation sites (N-methyl/N-ethyl adjacent to an activating group) is 1. The van der Waals surface area contributed by atoms with Gasteiger partial charge in [0.2, 0.25) is 5.91 Å². The summed E-state index contributed by atoms with van der Waals surface area (Å²) in [6, 6.07) is 0. The molecular formula is C11H19ClN2O5. The van der Waals surface area contributed by atoms with Crippen LogP contribution in [0.2, 0.25) is 0 Å². The van der Waals surface area contributed by atoms with Crippen LogP contribution in [-0.4, -0.2) is 66.3 Å². The second kappa shape index (κ2) is 9.35. The van der Waals surface area contributed by atoms with Crippen molar-refractivity contribution >= 4 is 17.8 Å². The Morgan fingerprint density at radius 2 is 1.74 bits per heavy atom. The summed E-state index contributed by atoms with van der Waals surface area (Å²) in [5, 5.41) is 19.5. The molecular weight excluding hydrogens is 276 g/mol. The molecule has 0 rings (SSSR count). The number of amides is 1. The van der Waals surface area contributed by atoms with E-state index < -0.39 is 17.8 Å². The Balaban J connectivity index is 0. The lowest BCUT2D eigenvalue weighted by molar-refractivity contribution is -0.883. The van der Waals surface area contributed by atoms with E-state index in [1.165, 1.54) is 0 Å². The molecule has 0 fully saturated rings. The molecule has 0 bridgehead atoms. The summed E-state index contributed by atoms with van der Waals surface area (Å²) < 4.78 is 0.330. The monoisotopic (exact) mass is 294 g/mol. The Morgan fingerprint density at radius 1 is 1.16 bits per heavy atom. The second-order valence-corrected chi connectivity index (χ2v) is 4.53. The minimum atomic E-state index is -1.18. The minimum absolute atomic E-state index is 0. The van der Waals surface area contributed by atoms with Gasteiger partial charge in [-0.3, -0.25) is 4.79 Å². The van der Waals surface area contributed by atoms with Gasteiger partial charge in [0.15, 0.2) is 6.54 Å². The average Bonchev–Trinajstić information content (AvgIpc) is 2.19. The molecule has 0 aliphatic rings. The number of carbonyl (C=O) groups is 3. The largest absolute Gasteiger partial charge is 1.00 e. The Kier molecular flexibility index (Phi) is 9.71. The van der Waals surface area contributed by atoms with Crippen LogP contribution in [0.25, 0.3) is 0 Å². The van der Waals surface area contributed by atoms with Crippen molar-refractivity contribution in [1.82, 2.24) is 5.32 Å². The summed E-state index contributed by atoms with van der Waals surface area (Å²) in [5.74, 6) is -2.52. The molecule has 0 aliphatic heterocycles. The number of hydrogen-bond donors (Lipinski definition) is 3. The topological polar surface area (TPSA) is 104 Å². The number of aliphatic carboxylic acids is 2. The van der Waals surface area contributed by atoms with Crippen molar-refractivity contribution in [3.05, 3.63) is 12.2 Å². The van der Waals surface area contributed by atoms with Gasteiger partial charge in [-0.25, -0.2) is 9.59 Å². The molecule has 0 heterocycles. The predicted octanol–water partition coefficient (Wildman–Crippen LogP) is -3.70. The molecule has 8 heteroatoms. The molecule has 0 aromatic heterocycles. The van der Waals surface area contributed by atoms with Gasteiger partial charge in [-0.2, -0.15) is 0 Å². The summed E-state index contributed by atoms with van der Waals surface area (Å²) in [5.41, 5.74) is 0. The highest BCUT2D eigenvalue weighted by molar-refractivity contribution is 5.93. The van der Waals surface area contributed by atoms with E-state index in [9.17, 15) is 14.4 Å². The van der Waals surface area contributed by atoms with Gasteiger partial charge in [0.1, 0.15) is 0 Å². The summed E-state index contributed by atoms with van der Waals surface area (Å²) >= 11 is 0. The molecule has 19 heavy (non-hydrogen) atoms. The first-order valence-electron chi connectivity index (χ1n) is 5.45. The molecule has 0 spiro atoms. The highest BCUT2D eigenvalue weighted by Crippen LogP contribution is 1.98.